The third-order valence-electron chi connectivity index (χ3n) is 2.86. The predicted molar refractivity (Wildman–Crippen MR) is 69.3 cm³/mol. The van der Waals surface area contributed by atoms with Crippen molar-refractivity contribution in [3.63, 3.8) is 0 Å². The van der Waals surface area contributed by atoms with Crippen LogP contribution in [0.2, 0.25) is 0 Å². The van der Waals surface area contributed by atoms with Crippen LogP contribution in [0.25, 0.3) is 0 Å². The smallest absolute Gasteiger partial charge is 0.339 e. The maximum Gasteiger partial charge on any atom is 0.339 e. The van der Waals surface area contributed by atoms with E-state index in [1.54, 1.807) is 12.1 Å². The second-order valence-electron chi connectivity index (χ2n) is 4.06. The Labute approximate surface area is 110 Å². The molecule has 0 radical (unpaired) electrons. The third kappa shape index (κ3) is 2.52. The van der Waals surface area contributed by atoms with Gasteiger partial charge in [-0.3, -0.25) is 4.79 Å². The fourth-order valence-corrected chi connectivity index (χ4v) is 1.99. The molecule has 1 aromatic carbocycles. The number of nitrogens with zero attached hydrogens (tertiary/aromatic N) is 1. The highest BCUT2D eigenvalue weighted by Gasteiger charge is 2.26. The molecule has 1 aliphatic heterocycles. The molecule has 1 aromatic rings. The quantitative estimate of drug-likeness (QED) is 0.836. The van der Waals surface area contributed by atoms with Crippen molar-refractivity contribution in [2.75, 3.05) is 18.1 Å². The molecule has 0 spiro atoms. The Morgan fingerprint density at radius 3 is 2.95 bits per heavy atom. The Morgan fingerprint density at radius 1 is 1.47 bits per heavy atom. The van der Waals surface area contributed by atoms with Crippen molar-refractivity contribution < 1.29 is 19.4 Å². The lowest BCUT2D eigenvalue weighted by atomic mass is 10.1. The van der Waals surface area contributed by atoms with E-state index in [1.807, 2.05) is 0 Å². The largest absolute Gasteiger partial charge is 0.489 e. The topological polar surface area (TPSA) is 66.8 Å². The zero-order chi connectivity index (χ0) is 13.8. The van der Waals surface area contributed by atoms with Gasteiger partial charge in [0, 0.05) is 12.8 Å². The van der Waals surface area contributed by atoms with Crippen LogP contribution in [-0.2, 0) is 4.79 Å². The Hall–Kier alpha value is -2.48. The number of carbonyl (C=O) groups excluding carboxylic acids is 1. The summed E-state index contributed by atoms with van der Waals surface area (Å²) < 4.78 is 5.39. The average Bonchev–Trinajstić information content (AvgIpc) is 2.43. The SMILES string of the molecule is C#CCCC(=O)N1CCOc2c(C(=O)O)cccc21. The zero-order valence-corrected chi connectivity index (χ0v) is 10.3. The average molecular weight is 259 g/mol. The molecule has 0 saturated heterocycles. The lowest BCUT2D eigenvalue weighted by Crippen LogP contribution is -2.38. The van der Waals surface area contributed by atoms with Crippen LogP contribution in [0.4, 0.5) is 5.69 Å². The number of para-hydroxylation sites is 1. The molecule has 2 rings (SSSR count). The number of carboxylic acids is 1. The zero-order valence-electron chi connectivity index (χ0n) is 10.3. The highest BCUT2D eigenvalue weighted by molar-refractivity contribution is 6.00. The Kier molecular flexibility index (Phi) is 3.71. The van der Waals surface area contributed by atoms with Crippen molar-refractivity contribution in [3.8, 4) is 18.1 Å². The number of aromatic carboxylic acids is 1. The van der Waals surface area contributed by atoms with Gasteiger partial charge in [-0.05, 0) is 12.1 Å². The summed E-state index contributed by atoms with van der Waals surface area (Å²) in [6.45, 7) is 0.679. The van der Waals surface area contributed by atoms with E-state index in [4.69, 9.17) is 16.3 Å². The highest BCUT2D eigenvalue weighted by atomic mass is 16.5. The van der Waals surface area contributed by atoms with Crippen molar-refractivity contribution in [2.45, 2.75) is 12.8 Å². The molecule has 0 bridgehead atoms. The van der Waals surface area contributed by atoms with Crippen LogP contribution in [0.3, 0.4) is 0 Å². The minimum atomic E-state index is -1.07. The number of benzene rings is 1. The Bertz CT molecular complexity index is 559. The highest BCUT2D eigenvalue weighted by Crippen LogP contribution is 2.35. The molecule has 1 N–H and O–H groups in total. The Morgan fingerprint density at radius 2 is 2.26 bits per heavy atom. The first-order valence-electron chi connectivity index (χ1n) is 5.88. The van der Waals surface area contributed by atoms with Gasteiger partial charge in [0.25, 0.3) is 0 Å². The van der Waals surface area contributed by atoms with Crippen molar-refractivity contribution in [1.82, 2.24) is 0 Å². The number of amides is 1. The molecule has 0 aliphatic carbocycles. The first kappa shape index (κ1) is 13.0. The second-order valence-corrected chi connectivity index (χ2v) is 4.06. The van der Waals surface area contributed by atoms with Gasteiger partial charge in [-0.25, -0.2) is 4.79 Å². The van der Waals surface area contributed by atoms with Gasteiger partial charge in [0.05, 0.1) is 12.2 Å². The molecule has 5 nitrogen and oxygen atoms in total. The number of hydrogen-bond acceptors (Lipinski definition) is 3. The summed E-state index contributed by atoms with van der Waals surface area (Å²) in [5.74, 6) is 1.47. The van der Waals surface area contributed by atoms with Crippen molar-refractivity contribution in [3.05, 3.63) is 23.8 Å². The Balaban J connectivity index is 2.35. The van der Waals surface area contributed by atoms with Crippen molar-refractivity contribution in [2.24, 2.45) is 0 Å². The van der Waals surface area contributed by atoms with Crippen LogP contribution < -0.4 is 9.64 Å². The fourth-order valence-electron chi connectivity index (χ4n) is 1.99. The van der Waals surface area contributed by atoms with Crippen LogP contribution in [0.5, 0.6) is 5.75 Å². The van der Waals surface area contributed by atoms with E-state index in [0.29, 0.717) is 18.7 Å². The third-order valence-corrected chi connectivity index (χ3v) is 2.86. The summed E-state index contributed by atoms with van der Waals surface area (Å²) in [6.07, 6.45) is 5.75. The first-order chi connectivity index (χ1) is 9.15. The lowest BCUT2D eigenvalue weighted by Gasteiger charge is -2.30. The number of anilines is 1. The van der Waals surface area contributed by atoms with Crippen LogP contribution in [0, 0.1) is 12.3 Å². The number of fused-ring (bicyclic) bond motifs is 1. The number of carboxylic acid groups (broad SMARTS) is 1. The van der Waals surface area contributed by atoms with Crippen LogP contribution in [-0.4, -0.2) is 30.1 Å². The molecule has 0 atom stereocenters. The molecule has 1 amide bonds. The van der Waals surface area contributed by atoms with Gasteiger partial charge in [-0.1, -0.05) is 6.07 Å². The second kappa shape index (κ2) is 5.44. The van der Waals surface area contributed by atoms with Crippen molar-refractivity contribution in [1.29, 1.82) is 0 Å². The standard InChI is InChI=1S/C14H13NO4/c1-2-3-7-12(16)15-8-9-19-13-10(14(17)18)5-4-6-11(13)15/h1,4-6H,3,7-9H2,(H,17,18). The predicted octanol–water partition coefficient (Wildman–Crippen LogP) is 1.52. The monoisotopic (exact) mass is 259 g/mol. The van der Waals surface area contributed by atoms with Crippen molar-refractivity contribution >= 4 is 17.6 Å². The molecule has 1 heterocycles. The van der Waals surface area contributed by atoms with E-state index in [2.05, 4.69) is 5.92 Å². The molecule has 0 aromatic heterocycles. The van der Waals surface area contributed by atoms with Gasteiger partial charge in [0.1, 0.15) is 12.2 Å². The molecular weight excluding hydrogens is 246 g/mol. The number of carbonyl (C=O) groups is 2. The number of rotatable bonds is 3. The maximum absolute atomic E-state index is 12.0. The lowest BCUT2D eigenvalue weighted by molar-refractivity contribution is -0.118. The van der Waals surface area contributed by atoms with Gasteiger partial charge < -0.3 is 14.7 Å². The molecule has 1 aliphatic rings. The van der Waals surface area contributed by atoms with E-state index in [-0.39, 0.29) is 30.2 Å². The van der Waals surface area contributed by atoms with Crippen LogP contribution in [0.1, 0.15) is 23.2 Å². The van der Waals surface area contributed by atoms with E-state index >= 15 is 0 Å². The van der Waals surface area contributed by atoms with E-state index in [1.165, 1.54) is 11.0 Å². The summed E-state index contributed by atoms with van der Waals surface area (Å²) in [6, 6.07) is 4.73. The normalized spacial score (nSPS) is 13.1. The molecule has 0 unspecified atom stereocenters. The number of terminal acetylenes is 1. The van der Waals surface area contributed by atoms with Gasteiger partial charge in [-0.2, -0.15) is 0 Å². The summed E-state index contributed by atoms with van der Waals surface area (Å²) in [7, 11) is 0. The minimum absolute atomic E-state index is 0.0620. The van der Waals surface area contributed by atoms with E-state index in [0.717, 1.165) is 0 Å². The van der Waals surface area contributed by atoms with Crippen LogP contribution in [0.15, 0.2) is 18.2 Å². The summed E-state index contributed by atoms with van der Waals surface area (Å²) in [5.41, 5.74) is 0.556. The number of hydrogen-bond donors (Lipinski definition) is 1. The van der Waals surface area contributed by atoms with Gasteiger partial charge >= 0.3 is 5.97 Å². The van der Waals surface area contributed by atoms with Crippen LogP contribution >= 0.6 is 0 Å². The van der Waals surface area contributed by atoms with Gasteiger partial charge in [0.15, 0.2) is 5.75 Å². The molecule has 0 fully saturated rings. The van der Waals surface area contributed by atoms with Gasteiger partial charge in [0.2, 0.25) is 5.91 Å². The summed E-state index contributed by atoms with van der Waals surface area (Å²) in [5, 5.41) is 9.10. The fraction of sp³-hybridized carbons (Fsp3) is 0.286. The molecule has 5 heteroatoms. The summed E-state index contributed by atoms with van der Waals surface area (Å²) in [4.78, 5) is 24.7. The van der Waals surface area contributed by atoms with E-state index in [9.17, 15) is 9.59 Å². The minimum Gasteiger partial charge on any atom is -0.489 e. The maximum atomic E-state index is 12.0. The molecule has 0 saturated carbocycles. The molecule has 98 valence electrons. The summed E-state index contributed by atoms with van der Waals surface area (Å²) >= 11 is 0. The molecule has 19 heavy (non-hydrogen) atoms. The van der Waals surface area contributed by atoms with E-state index < -0.39 is 5.97 Å². The molecular formula is C14H13NO4. The first-order valence-corrected chi connectivity index (χ1v) is 5.88. The number of ether oxygens (including phenoxy) is 1. The van der Waals surface area contributed by atoms with Gasteiger partial charge in [-0.15, -0.1) is 12.3 Å².